The lowest BCUT2D eigenvalue weighted by molar-refractivity contribution is -0.135. The number of fused-ring (bicyclic) bond motifs is 1. The van der Waals surface area contributed by atoms with Crippen LogP contribution in [0.5, 0.6) is 11.5 Å². The van der Waals surface area contributed by atoms with Gasteiger partial charge in [-0.3, -0.25) is 0 Å². The molecule has 1 aliphatic rings. The lowest BCUT2D eigenvalue weighted by Crippen LogP contribution is -2.04. The van der Waals surface area contributed by atoms with Crippen LogP contribution in [0.15, 0.2) is 23.5 Å². The minimum Gasteiger partial charge on any atom is -0.465 e. The van der Waals surface area contributed by atoms with Gasteiger partial charge in [0.15, 0.2) is 11.5 Å². The number of ether oxygens (including phenoxy) is 3. The highest BCUT2D eigenvalue weighted by molar-refractivity contribution is 7.68. The molecule has 0 amide bonds. The fraction of sp³-hybridized carbons (Fsp3) is 0.308. The quantitative estimate of drug-likeness (QED) is 0.484. The first-order valence-electron chi connectivity index (χ1n) is 5.67. The van der Waals surface area contributed by atoms with Crippen LogP contribution in [0.1, 0.15) is 5.56 Å². The molecule has 0 fully saturated rings. The van der Waals surface area contributed by atoms with Crippen molar-refractivity contribution in [3.63, 3.8) is 0 Å². The normalized spacial score (nSPS) is 14.4. The summed E-state index contributed by atoms with van der Waals surface area (Å²) in [6, 6.07) is 5.26. The summed E-state index contributed by atoms with van der Waals surface area (Å²) >= 11 is 0. The van der Waals surface area contributed by atoms with Gasteiger partial charge < -0.3 is 18.8 Å². The van der Waals surface area contributed by atoms with Gasteiger partial charge in [0.1, 0.15) is 7.14 Å². The number of benzene rings is 1. The third kappa shape index (κ3) is 2.99. The summed E-state index contributed by atoms with van der Waals surface area (Å²) in [5.41, 5.74) is 0.716. The molecule has 0 N–H and O–H groups in total. The minimum absolute atomic E-state index is 0.175. The van der Waals surface area contributed by atoms with Crippen molar-refractivity contribution in [1.29, 1.82) is 0 Å². The molecule has 0 spiro atoms. The zero-order chi connectivity index (χ0) is 14.0. The Morgan fingerprint density at radius 3 is 2.63 bits per heavy atom. The Morgan fingerprint density at radius 2 is 2.00 bits per heavy atom. The topological polar surface area (TPSA) is 61.8 Å². The van der Waals surface area contributed by atoms with Gasteiger partial charge in [0.25, 0.3) is 0 Å². The third-order valence-electron chi connectivity index (χ3n) is 2.67. The van der Waals surface area contributed by atoms with Gasteiger partial charge in [-0.1, -0.05) is 6.07 Å². The van der Waals surface area contributed by atoms with Crippen molar-refractivity contribution in [3.8, 4) is 11.5 Å². The number of carbonyl (C=O) groups is 1. The molecule has 1 heterocycles. The van der Waals surface area contributed by atoms with Crippen LogP contribution in [-0.4, -0.2) is 33.2 Å². The minimum atomic E-state index is -2.72. The molecule has 0 bridgehead atoms. The molecule has 6 heteroatoms. The van der Waals surface area contributed by atoms with Gasteiger partial charge in [-0.2, -0.15) is 0 Å². The second-order valence-electron chi connectivity index (χ2n) is 4.48. The van der Waals surface area contributed by atoms with Crippen molar-refractivity contribution in [2.75, 3.05) is 27.2 Å². The van der Waals surface area contributed by atoms with Crippen LogP contribution >= 0.6 is 7.14 Å². The van der Waals surface area contributed by atoms with Gasteiger partial charge in [0.2, 0.25) is 6.79 Å². The van der Waals surface area contributed by atoms with Crippen molar-refractivity contribution < 1.29 is 23.6 Å². The number of hydrogen-bond acceptors (Lipinski definition) is 5. The molecule has 0 aliphatic carbocycles. The standard InChI is InChI=1S/C13H15O5P/c1-16-13(14)12(19(2,3)15)7-9-4-5-10-11(6-9)18-8-17-10/h4-7H,8H2,1-3H3/b12-7+. The average molecular weight is 282 g/mol. The summed E-state index contributed by atoms with van der Waals surface area (Å²) < 4.78 is 27.3. The summed E-state index contributed by atoms with van der Waals surface area (Å²) in [5.74, 6) is 0.693. The molecule has 0 unspecified atom stereocenters. The third-order valence-corrected chi connectivity index (χ3v) is 4.15. The Bertz CT molecular complexity index is 585. The zero-order valence-corrected chi connectivity index (χ0v) is 11.9. The van der Waals surface area contributed by atoms with E-state index in [1.54, 1.807) is 24.3 Å². The van der Waals surface area contributed by atoms with E-state index in [-0.39, 0.29) is 12.1 Å². The molecule has 2 rings (SSSR count). The van der Waals surface area contributed by atoms with Gasteiger partial charge >= 0.3 is 5.97 Å². The van der Waals surface area contributed by atoms with Crippen LogP contribution in [0.4, 0.5) is 0 Å². The number of methoxy groups -OCH3 is 1. The highest BCUT2D eigenvalue weighted by Gasteiger charge is 2.23. The molecule has 1 aliphatic heterocycles. The van der Waals surface area contributed by atoms with Gasteiger partial charge in [0, 0.05) is 0 Å². The predicted molar refractivity (Wildman–Crippen MR) is 72.0 cm³/mol. The summed E-state index contributed by atoms with van der Waals surface area (Å²) in [4.78, 5) is 11.7. The van der Waals surface area contributed by atoms with E-state index in [1.807, 2.05) is 0 Å². The average Bonchev–Trinajstić information content (AvgIpc) is 2.81. The van der Waals surface area contributed by atoms with E-state index in [0.29, 0.717) is 17.1 Å². The summed E-state index contributed by atoms with van der Waals surface area (Å²) in [7, 11) is -1.45. The Morgan fingerprint density at radius 1 is 1.32 bits per heavy atom. The molecule has 0 saturated carbocycles. The van der Waals surface area contributed by atoms with Crippen molar-refractivity contribution in [2.24, 2.45) is 0 Å². The van der Waals surface area contributed by atoms with E-state index in [2.05, 4.69) is 4.74 Å². The zero-order valence-electron chi connectivity index (χ0n) is 11.0. The second-order valence-corrected chi connectivity index (χ2v) is 7.67. The fourth-order valence-electron chi connectivity index (χ4n) is 1.70. The molecule has 19 heavy (non-hydrogen) atoms. The molecule has 102 valence electrons. The van der Waals surface area contributed by atoms with Crippen LogP contribution < -0.4 is 9.47 Å². The van der Waals surface area contributed by atoms with Crippen molar-refractivity contribution in [3.05, 3.63) is 29.1 Å². The highest BCUT2D eigenvalue weighted by atomic mass is 31.2. The fourth-order valence-corrected chi connectivity index (χ4v) is 2.69. The van der Waals surface area contributed by atoms with E-state index in [0.717, 1.165) is 0 Å². The Hall–Kier alpha value is -1.74. The highest BCUT2D eigenvalue weighted by Crippen LogP contribution is 2.47. The second kappa shape index (κ2) is 5.10. The molecular weight excluding hydrogens is 267 g/mol. The smallest absolute Gasteiger partial charge is 0.341 e. The summed E-state index contributed by atoms with van der Waals surface area (Å²) in [5, 5.41) is 0.175. The van der Waals surface area contributed by atoms with Crippen LogP contribution in [0.3, 0.4) is 0 Å². The van der Waals surface area contributed by atoms with Gasteiger partial charge in [-0.15, -0.1) is 0 Å². The van der Waals surface area contributed by atoms with Crippen LogP contribution in [0.25, 0.3) is 6.08 Å². The maximum Gasteiger partial charge on any atom is 0.341 e. The van der Waals surface area contributed by atoms with E-state index in [4.69, 9.17) is 9.47 Å². The first-order valence-corrected chi connectivity index (χ1v) is 8.27. The Labute approximate surface area is 111 Å². The van der Waals surface area contributed by atoms with Gasteiger partial charge in [0.05, 0.1) is 12.4 Å². The number of esters is 1. The predicted octanol–water partition coefficient (Wildman–Crippen LogP) is 2.55. The summed E-state index contributed by atoms with van der Waals surface area (Å²) in [6.07, 6.45) is 1.56. The van der Waals surface area contributed by atoms with Crippen LogP contribution in [-0.2, 0) is 14.1 Å². The maximum absolute atomic E-state index is 12.1. The molecule has 1 aromatic rings. The molecule has 5 nitrogen and oxygen atoms in total. The first kappa shape index (κ1) is 13.7. The number of hydrogen-bond donors (Lipinski definition) is 0. The Balaban J connectivity index is 2.42. The van der Waals surface area contributed by atoms with Crippen molar-refractivity contribution in [2.45, 2.75) is 0 Å². The van der Waals surface area contributed by atoms with Crippen LogP contribution in [0.2, 0.25) is 0 Å². The van der Waals surface area contributed by atoms with E-state index in [1.165, 1.54) is 20.4 Å². The largest absolute Gasteiger partial charge is 0.465 e. The van der Waals surface area contributed by atoms with Crippen LogP contribution in [0, 0.1) is 0 Å². The van der Waals surface area contributed by atoms with Crippen molar-refractivity contribution >= 4 is 19.2 Å². The van der Waals surface area contributed by atoms with E-state index < -0.39 is 13.1 Å². The van der Waals surface area contributed by atoms with Gasteiger partial charge in [-0.05, 0) is 37.1 Å². The SMILES string of the molecule is COC(=O)/C(=C\c1ccc2c(c1)OCO2)P(C)(C)=O. The summed E-state index contributed by atoms with van der Waals surface area (Å²) in [6.45, 7) is 3.25. The maximum atomic E-state index is 12.1. The van der Waals surface area contributed by atoms with Crippen molar-refractivity contribution in [1.82, 2.24) is 0 Å². The number of rotatable bonds is 3. The lowest BCUT2D eigenvalue weighted by Gasteiger charge is -2.10. The van der Waals surface area contributed by atoms with Gasteiger partial charge in [-0.25, -0.2) is 4.79 Å². The first-order chi connectivity index (χ1) is 8.91. The molecule has 0 aromatic heterocycles. The molecule has 0 saturated heterocycles. The Kier molecular flexibility index (Phi) is 3.67. The molecule has 0 atom stereocenters. The number of carbonyl (C=O) groups excluding carboxylic acids is 1. The monoisotopic (exact) mass is 282 g/mol. The van der Waals surface area contributed by atoms with E-state index in [9.17, 15) is 9.36 Å². The lowest BCUT2D eigenvalue weighted by atomic mass is 10.2. The molecule has 1 aromatic carbocycles. The molecular formula is C13H15O5P. The van der Waals surface area contributed by atoms with E-state index >= 15 is 0 Å². The molecule has 0 radical (unpaired) electrons.